The lowest BCUT2D eigenvalue weighted by molar-refractivity contribution is -0.146. The van der Waals surface area contributed by atoms with Gasteiger partial charge in [-0.1, -0.05) is 56.4 Å². The van der Waals surface area contributed by atoms with E-state index in [1.54, 1.807) is 42.7 Å². The van der Waals surface area contributed by atoms with Crippen molar-refractivity contribution in [1.29, 1.82) is 0 Å². The molecular weight excluding hydrogens is 432 g/mol. The second kappa shape index (κ2) is 10.6. The summed E-state index contributed by atoms with van der Waals surface area (Å²) in [6, 6.07) is 11.6. The van der Waals surface area contributed by atoms with Gasteiger partial charge >= 0.3 is 0 Å². The van der Waals surface area contributed by atoms with Crippen LogP contribution in [0.4, 0.5) is 0 Å². The van der Waals surface area contributed by atoms with Gasteiger partial charge in [-0.2, -0.15) is 0 Å². The van der Waals surface area contributed by atoms with Crippen LogP contribution in [-0.4, -0.2) is 40.4 Å². The van der Waals surface area contributed by atoms with Crippen LogP contribution in [0.15, 0.2) is 60.9 Å². The van der Waals surface area contributed by atoms with Gasteiger partial charge in [0.05, 0.1) is 0 Å². The Hall–Kier alpha value is -3.52. The molecule has 2 amide bonds. The molecular formula is C26H30N4O4. The largest absolute Gasteiger partial charge is 0.468 e. The number of hydrogen-bond acceptors (Lipinski definition) is 6. The molecule has 8 nitrogen and oxygen atoms in total. The van der Waals surface area contributed by atoms with E-state index in [0.29, 0.717) is 5.75 Å². The van der Waals surface area contributed by atoms with Crippen LogP contribution < -0.4 is 21.1 Å². The Morgan fingerprint density at radius 3 is 2.59 bits per heavy atom. The summed E-state index contributed by atoms with van der Waals surface area (Å²) < 4.78 is 5.77. The zero-order chi connectivity index (χ0) is 24.0. The molecule has 1 aliphatic carbocycles. The Balaban J connectivity index is 1.50. The van der Waals surface area contributed by atoms with Crippen molar-refractivity contribution in [2.45, 2.75) is 56.3 Å². The molecule has 2 fully saturated rings. The van der Waals surface area contributed by atoms with Crippen LogP contribution in [-0.2, 0) is 14.4 Å². The Bertz CT molecular complexity index is 1040. The molecule has 178 valence electrons. The first kappa shape index (κ1) is 23.6. The second-order valence-electron chi connectivity index (χ2n) is 8.97. The minimum Gasteiger partial charge on any atom is -0.468 e. The van der Waals surface area contributed by atoms with E-state index in [0.717, 1.165) is 37.7 Å². The van der Waals surface area contributed by atoms with E-state index in [9.17, 15) is 14.4 Å². The van der Waals surface area contributed by atoms with Crippen molar-refractivity contribution in [3.05, 3.63) is 66.5 Å². The lowest BCUT2D eigenvalue weighted by Gasteiger charge is -2.39. The zero-order valence-corrected chi connectivity index (χ0v) is 19.0. The summed E-state index contributed by atoms with van der Waals surface area (Å²) in [7, 11) is 0. The van der Waals surface area contributed by atoms with Crippen LogP contribution in [0.1, 0.15) is 44.1 Å². The van der Waals surface area contributed by atoms with Gasteiger partial charge in [0.2, 0.25) is 12.1 Å². The van der Waals surface area contributed by atoms with Crippen molar-refractivity contribution in [3.63, 3.8) is 0 Å². The molecule has 1 aromatic heterocycles. The molecule has 8 heteroatoms. The van der Waals surface area contributed by atoms with E-state index >= 15 is 0 Å². The zero-order valence-electron chi connectivity index (χ0n) is 19.0. The first-order valence-corrected chi connectivity index (χ1v) is 11.7. The predicted octanol–water partition coefficient (Wildman–Crippen LogP) is 2.35. The fourth-order valence-corrected chi connectivity index (χ4v) is 4.46. The summed E-state index contributed by atoms with van der Waals surface area (Å²) in [5.41, 5.74) is 5.49. The molecule has 2 aliphatic rings. The van der Waals surface area contributed by atoms with Crippen LogP contribution >= 0.6 is 0 Å². The predicted molar refractivity (Wildman–Crippen MR) is 127 cm³/mol. The standard InChI is InChI=1S/C26H30N4O4/c27-26(16-18-8-3-1-4-9-18,21(31)14-13-19-10-7-15-28-17-19)25(33)29-22-23(32)30-24(22)34-20-11-5-2-6-12-20/h2,5-7,10-15,17-18,22,24H,1,3-4,8-9,16,27H2,(H,29,33)(H,30,32)/t22-,24+,26+/m1/s1. The van der Waals surface area contributed by atoms with Crippen LogP contribution in [0.3, 0.4) is 0 Å². The maximum atomic E-state index is 13.4. The Morgan fingerprint density at radius 2 is 1.91 bits per heavy atom. The molecule has 2 heterocycles. The van der Waals surface area contributed by atoms with E-state index in [-0.39, 0.29) is 18.2 Å². The lowest BCUT2D eigenvalue weighted by atomic mass is 9.77. The monoisotopic (exact) mass is 462 g/mol. The minimum absolute atomic E-state index is 0.173. The first-order valence-electron chi connectivity index (χ1n) is 11.7. The van der Waals surface area contributed by atoms with Gasteiger partial charge in [0.15, 0.2) is 17.4 Å². The van der Waals surface area contributed by atoms with Crippen molar-refractivity contribution in [3.8, 4) is 5.75 Å². The third-order valence-electron chi connectivity index (χ3n) is 6.45. The van der Waals surface area contributed by atoms with Gasteiger partial charge in [0, 0.05) is 12.4 Å². The highest BCUT2D eigenvalue weighted by molar-refractivity contribution is 6.17. The van der Waals surface area contributed by atoms with Crippen molar-refractivity contribution < 1.29 is 19.1 Å². The van der Waals surface area contributed by atoms with Crippen molar-refractivity contribution >= 4 is 23.7 Å². The highest BCUT2D eigenvalue weighted by Gasteiger charge is 2.48. The number of para-hydroxylation sites is 1. The number of aromatic nitrogens is 1. The molecule has 0 radical (unpaired) electrons. The molecule has 1 saturated heterocycles. The van der Waals surface area contributed by atoms with Gasteiger partial charge < -0.3 is 21.1 Å². The number of ketones is 1. The average Bonchev–Trinajstić information content (AvgIpc) is 2.87. The van der Waals surface area contributed by atoms with Gasteiger partial charge in [0.25, 0.3) is 5.91 Å². The molecule has 3 atom stereocenters. The minimum atomic E-state index is -1.78. The number of nitrogens with zero attached hydrogens (tertiary/aromatic N) is 1. The van der Waals surface area contributed by atoms with Crippen molar-refractivity contribution in [1.82, 2.24) is 15.6 Å². The number of nitrogens with one attached hydrogen (secondary N) is 2. The van der Waals surface area contributed by atoms with Gasteiger partial charge in [-0.15, -0.1) is 0 Å². The Kier molecular flexibility index (Phi) is 7.37. The third kappa shape index (κ3) is 5.51. The highest BCUT2D eigenvalue weighted by Crippen LogP contribution is 2.31. The lowest BCUT2D eigenvalue weighted by Crippen LogP contribution is -2.74. The molecule has 0 bridgehead atoms. The van der Waals surface area contributed by atoms with E-state index in [1.807, 2.05) is 18.2 Å². The number of benzene rings is 1. The number of nitrogens with two attached hydrogens (primary N) is 1. The Morgan fingerprint density at radius 1 is 1.15 bits per heavy atom. The molecule has 2 aromatic rings. The smallest absolute Gasteiger partial charge is 0.251 e. The van der Waals surface area contributed by atoms with E-state index in [2.05, 4.69) is 15.6 Å². The van der Waals surface area contributed by atoms with Gasteiger partial charge in [-0.3, -0.25) is 19.4 Å². The molecule has 1 aliphatic heterocycles. The second-order valence-corrected chi connectivity index (χ2v) is 8.97. The molecule has 0 spiro atoms. The molecule has 4 N–H and O–H groups in total. The van der Waals surface area contributed by atoms with Crippen molar-refractivity contribution in [2.24, 2.45) is 11.7 Å². The fraction of sp³-hybridized carbons (Fsp3) is 0.385. The van der Waals surface area contributed by atoms with E-state index in [4.69, 9.17) is 10.5 Å². The van der Waals surface area contributed by atoms with Crippen LogP contribution in [0.5, 0.6) is 5.75 Å². The summed E-state index contributed by atoms with van der Waals surface area (Å²) in [5, 5.41) is 5.31. The summed E-state index contributed by atoms with van der Waals surface area (Å²) in [6.45, 7) is 0. The number of hydrogen-bond donors (Lipinski definition) is 3. The van der Waals surface area contributed by atoms with E-state index < -0.39 is 29.5 Å². The molecule has 1 saturated carbocycles. The van der Waals surface area contributed by atoms with Crippen molar-refractivity contribution in [2.75, 3.05) is 0 Å². The fourth-order valence-electron chi connectivity index (χ4n) is 4.46. The highest BCUT2D eigenvalue weighted by atomic mass is 16.5. The number of amides is 2. The first-order chi connectivity index (χ1) is 16.5. The molecule has 34 heavy (non-hydrogen) atoms. The third-order valence-corrected chi connectivity index (χ3v) is 6.45. The van der Waals surface area contributed by atoms with Crippen LogP contribution in [0.2, 0.25) is 0 Å². The quantitative estimate of drug-likeness (QED) is 0.299. The molecule has 0 unspecified atom stereocenters. The van der Waals surface area contributed by atoms with Gasteiger partial charge in [-0.05, 0) is 48.3 Å². The number of carbonyl (C=O) groups is 3. The van der Waals surface area contributed by atoms with Crippen LogP contribution in [0.25, 0.3) is 6.08 Å². The molecule has 1 aromatic carbocycles. The summed E-state index contributed by atoms with van der Waals surface area (Å²) in [4.78, 5) is 42.9. The van der Waals surface area contributed by atoms with Gasteiger partial charge in [-0.25, -0.2) is 0 Å². The topological polar surface area (TPSA) is 123 Å². The molecule has 4 rings (SSSR count). The summed E-state index contributed by atoms with van der Waals surface area (Å²) in [6.07, 6.45) is 10.8. The summed E-state index contributed by atoms with van der Waals surface area (Å²) in [5.74, 6) is -0.817. The number of pyridine rings is 1. The average molecular weight is 463 g/mol. The number of ether oxygens (including phenoxy) is 1. The Labute approximate surface area is 199 Å². The maximum absolute atomic E-state index is 13.4. The number of β-lactam (4-membered cyclic amide) rings is 1. The van der Waals surface area contributed by atoms with Gasteiger partial charge in [0.1, 0.15) is 5.75 Å². The number of carbonyl (C=O) groups excluding carboxylic acids is 3. The maximum Gasteiger partial charge on any atom is 0.251 e. The SMILES string of the molecule is N[C@@](CC1CCCCC1)(C(=O)C=Cc1cccnc1)C(=O)N[C@@H]1C(=O)N[C@H]1Oc1ccccc1. The number of rotatable bonds is 9. The summed E-state index contributed by atoms with van der Waals surface area (Å²) >= 11 is 0. The van der Waals surface area contributed by atoms with Crippen LogP contribution in [0, 0.1) is 5.92 Å². The normalized spacial score (nSPS) is 22.3. The van der Waals surface area contributed by atoms with E-state index in [1.165, 1.54) is 6.08 Å².